The Labute approximate surface area is 188 Å². The Morgan fingerprint density at radius 2 is 1.73 bits per heavy atom. The molecule has 176 valence electrons. The third-order valence-corrected chi connectivity index (χ3v) is 7.17. The van der Waals surface area contributed by atoms with E-state index in [4.69, 9.17) is 15.0 Å². The lowest BCUT2D eigenvalue weighted by atomic mass is 10.1. The van der Waals surface area contributed by atoms with E-state index in [1.807, 2.05) is 0 Å². The van der Waals surface area contributed by atoms with E-state index in [2.05, 4.69) is 4.98 Å². The second-order valence-electron chi connectivity index (χ2n) is 7.32. The van der Waals surface area contributed by atoms with Crippen LogP contribution < -0.4 is 24.2 Å². The highest BCUT2D eigenvalue weighted by atomic mass is 32.2. The van der Waals surface area contributed by atoms with Gasteiger partial charge < -0.3 is 9.64 Å². The van der Waals surface area contributed by atoms with Gasteiger partial charge in [-0.2, -0.15) is 8.42 Å². The summed E-state index contributed by atoms with van der Waals surface area (Å²) >= 11 is 0. The second-order valence-corrected chi connectivity index (χ2v) is 10.4. The van der Waals surface area contributed by atoms with Gasteiger partial charge in [-0.25, -0.2) is 27.5 Å². The summed E-state index contributed by atoms with van der Waals surface area (Å²) in [4.78, 5) is 5.17. The number of primary sulfonamides is 1. The second kappa shape index (κ2) is 8.06. The molecule has 4 rings (SSSR count). The largest absolute Gasteiger partial charge is 0.497 e. The molecule has 0 bridgehead atoms. The molecule has 2 heterocycles. The zero-order chi connectivity index (χ0) is 24.1. The van der Waals surface area contributed by atoms with Crippen LogP contribution in [0.25, 0.3) is 10.9 Å². The summed E-state index contributed by atoms with van der Waals surface area (Å²) in [6.45, 7) is -0.364. The maximum atomic E-state index is 14.7. The highest BCUT2D eigenvalue weighted by Crippen LogP contribution is 2.41. The van der Waals surface area contributed by atoms with Crippen LogP contribution >= 0.6 is 0 Å². The van der Waals surface area contributed by atoms with Crippen molar-refractivity contribution in [1.29, 1.82) is 0 Å². The van der Waals surface area contributed by atoms with Crippen molar-refractivity contribution in [2.75, 3.05) is 29.4 Å². The molecule has 0 radical (unpaired) electrons. The molecule has 3 aromatic rings. The number of methoxy groups -OCH3 is 1. The van der Waals surface area contributed by atoms with Crippen LogP contribution in [0.1, 0.15) is 5.56 Å². The van der Waals surface area contributed by atoms with Crippen LogP contribution in [0.2, 0.25) is 0 Å². The Hall–Kier alpha value is -3.07. The van der Waals surface area contributed by atoms with E-state index in [9.17, 15) is 25.6 Å². The Morgan fingerprint density at radius 1 is 1.06 bits per heavy atom. The molecular formula is C19H19F2N5O5S2. The average molecular weight is 500 g/mol. The average Bonchev–Trinajstić information content (AvgIpc) is 2.73. The van der Waals surface area contributed by atoms with Gasteiger partial charge in [-0.15, -0.1) is 0 Å². The van der Waals surface area contributed by atoms with Gasteiger partial charge >= 0.3 is 0 Å². The summed E-state index contributed by atoms with van der Waals surface area (Å²) in [5.41, 5.74) is 0.538. The molecule has 1 aromatic heterocycles. The van der Waals surface area contributed by atoms with Crippen LogP contribution in [0.15, 0.2) is 41.4 Å². The number of sulfonamides is 1. The highest BCUT2D eigenvalue weighted by Gasteiger charge is 2.32. The third kappa shape index (κ3) is 4.29. The lowest BCUT2D eigenvalue weighted by molar-refractivity contribution is 0.415. The number of ether oxygens (including phenoxy) is 1. The molecule has 0 saturated heterocycles. The van der Waals surface area contributed by atoms with Crippen molar-refractivity contribution in [3.8, 4) is 5.75 Å². The molecule has 33 heavy (non-hydrogen) atoms. The SMILES string of the molecule is COc1ccc2c3c(cnc2c1)N(S(N)(=O)=O)CCN3Cc1c(F)cc(S(N)(=O)=O)cc1F. The Balaban J connectivity index is 1.87. The van der Waals surface area contributed by atoms with Crippen molar-refractivity contribution in [2.45, 2.75) is 11.4 Å². The van der Waals surface area contributed by atoms with Crippen LogP contribution in [0.3, 0.4) is 0 Å². The van der Waals surface area contributed by atoms with Gasteiger partial charge in [-0.3, -0.25) is 9.29 Å². The Kier molecular flexibility index (Phi) is 5.64. The molecule has 0 spiro atoms. The van der Waals surface area contributed by atoms with Crippen molar-refractivity contribution in [1.82, 2.24) is 4.98 Å². The number of benzene rings is 2. The monoisotopic (exact) mass is 499 g/mol. The Bertz CT molecular complexity index is 1460. The number of hydrogen-bond donors (Lipinski definition) is 2. The molecular weight excluding hydrogens is 480 g/mol. The molecule has 0 saturated carbocycles. The number of nitrogens with two attached hydrogens (primary N) is 2. The fraction of sp³-hybridized carbons (Fsp3) is 0.211. The van der Waals surface area contributed by atoms with Gasteiger partial charge in [0.2, 0.25) is 10.0 Å². The van der Waals surface area contributed by atoms with Gasteiger partial charge in [0, 0.05) is 30.1 Å². The first-order chi connectivity index (χ1) is 15.4. The predicted octanol–water partition coefficient (Wildman–Crippen LogP) is 1.20. The molecule has 4 N–H and O–H groups in total. The van der Waals surface area contributed by atoms with E-state index in [0.29, 0.717) is 34.5 Å². The summed E-state index contributed by atoms with van der Waals surface area (Å²) in [5, 5.41) is 10.8. The van der Waals surface area contributed by atoms with E-state index in [0.717, 1.165) is 4.31 Å². The molecule has 1 aliphatic heterocycles. The van der Waals surface area contributed by atoms with Gasteiger partial charge in [-0.1, -0.05) is 0 Å². The maximum absolute atomic E-state index is 14.7. The fourth-order valence-corrected chi connectivity index (χ4v) is 5.02. The number of rotatable bonds is 5. The fourth-order valence-electron chi connectivity index (χ4n) is 3.74. The first kappa shape index (κ1) is 23.1. The zero-order valence-electron chi connectivity index (χ0n) is 17.2. The van der Waals surface area contributed by atoms with Crippen molar-refractivity contribution in [3.05, 3.63) is 53.7 Å². The first-order valence-electron chi connectivity index (χ1n) is 9.43. The molecule has 0 fully saturated rings. The number of fused-ring (bicyclic) bond motifs is 3. The van der Waals surface area contributed by atoms with E-state index >= 15 is 0 Å². The normalized spacial score (nSPS) is 14.5. The Morgan fingerprint density at radius 3 is 2.30 bits per heavy atom. The summed E-state index contributed by atoms with van der Waals surface area (Å²) in [6.07, 6.45) is 1.31. The van der Waals surface area contributed by atoms with Crippen LogP contribution in [0.4, 0.5) is 20.2 Å². The van der Waals surface area contributed by atoms with Crippen molar-refractivity contribution >= 4 is 42.5 Å². The number of aromatic nitrogens is 1. The lowest BCUT2D eigenvalue weighted by Gasteiger charge is -2.38. The lowest BCUT2D eigenvalue weighted by Crippen LogP contribution is -2.46. The zero-order valence-corrected chi connectivity index (χ0v) is 18.8. The molecule has 2 aromatic carbocycles. The summed E-state index contributed by atoms with van der Waals surface area (Å²) in [5.74, 6) is -1.69. The van der Waals surface area contributed by atoms with E-state index < -0.39 is 42.3 Å². The van der Waals surface area contributed by atoms with Gasteiger partial charge in [0.15, 0.2) is 0 Å². The molecule has 0 amide bonds. The van der Waals surface area contributed by atoms with E-state index in [1.54, 1.807) is 23.1 Å². The van der Waals surface area contributed by atoms with Crippen LogP contribution in [0, 0.1) is 11.6 Å². The topological polar surface area (TPSA) is 149 Å². The highest BCUT2D eigenvalue weighted by molar-refractivity contribution is 7.90. The van der Waals surface area contributed by atoms with E-state index in [1.165, 1.54) is 13.3 Å². The van der Waals surface area contributed by atoms with Gasteiger partial charge in [0.1, 0.15) is 17.4 Å². The number of halogens is 2. The number of pyridine rings is 1. The standard InChI is InChI=1S/C19H19F2N5O5S2/c1-31-11-2-3-13-17(6-11)24-9-18-19(13)25(4-5-26(18)33(23,29)30)10-14-15(20)7-12(8-16(14)21)32(22,27)28/h2-3,6-9H,4-5,10H2,1H3,(H2,22,27,28)(H2,23,29,30). The third-order valence-electron chi connectivity index (χ3n) is 5.29. The first-order valence-corrected chi connectivity index (χ1v) is 12.5. The minimum absolute atomic E-state index is 0.0460. The predicted molar refractivity (Wildman–Crippen MR) is 118 cm³/mol. The molecule has 0 unspecified atom stereocenters. The van der Waals surface area contributed by atoms with Gasteiger partial charge in [0.05, 0.1) is 41.6 Å². The van der Waals surface area contributed by atoms with Crippen molar-refractivity contribution in [2.24, 2.45) is 10.3 Å². The molecule has 0 aliphatic carbocycles. The number of hydrogen-bond acceptors (Lipinski definition) is 7. The van der Waals surface area contributed by atoms with E-state index in [-0.39, 0.29) is 25.3 Å². The number of nitrogens with zero attached hydrogens (tertiary/aromatic N) is 3. The molecule has 1 aliphatic rings. The van der Waals surface area contributed by atoms with Crippen LogP contribution in [-0.4, -0.2) is 42.0 Å². The summed E-state index contributed by atoms with van der Waals surface area (Å²) < 4.78 is 82.8. The summed E-state index contributed by atoms with van der Waals surface area (Å²) in [7, 11) is -6.97. The van der Waals surface area contributed by atoms with Gasteiger partial charge in [0.25, 0.3) is 10.2 Å². The smallest absolute Gasteiger partial charge is 0.299 e. The van der Waals surface area contributed by atoms with Crippen molar-refractivity contribution in [3.63, 3.8) is 0 Å². The molecule has 14 heteroatoms. The van der Waals surface area contributed by atoms with Crippen LogP contribution in [-0.2, 0) is 26.8 Å². The molecule has 0 atom stereocenters. The van der Waals surface area contributed by atoms with Crippen molar-refractivity contribution < 1.29 is 30.4 Å². The molecule has 10 nitrogen and oxygen atoms in total. The maximum Gasteiger partial charge on any atom is 0.299 e. The minimum Gasteiger partial charge on any atom is -0.497 e. The quantitative estimate of drug-likeness (QED) is 0.536. The summed E-state index contributed by atoms with van der Waals surface area (Å²) in [6, 6.07) is 6.21. The van der Waals surface area contributed by atoms with Crippen LogP contribution in [0.5, 0.6) is 5.75 Å². The minimum atomic E-state index is -4.31. The van der Waals surface area contributed by atoms with Gasteiger partial charge in [-0.05, 0) is 24.3 Å². The number of anilines is 2.